The second-order valence-electron chi connectivity index (χ2n) is 6.41. The molecule has 0 spiro atoms. The van der Waals surface area contributed by atoms with Crippen LogP contribution < -0.4 is 5.73 Å². The van der Waals surface area contributed by atoms with Crippen molar-refractivity contribution in [1.29, 1.82) is 0 Å². The van der Waals surface area contributed by atoms with Gasteiger partial charge in [-0.05, 0) is 32.6 Å². The zero-order valence-corrected chi connectivity index (χ0v) is 12.3. The molecule has 2 N–H and O–H groups in total. The monoisotopic (exact) mass is 240 g/mol. The van der Waals surface area contributed by atoms with Crippen LogP contribution in [0, 0.1) is 5.92 Å². The van der Waals surface area contributed by atoms with Gasteiger partial charge in [0.2, 0.25) is 0 Å². The van der Waals surface area contributed by atoms with Gasteiger partial charge in [0.15, 0.2) is 0 Å². The lowest BCUT2D eigenvalue weighted by molar-refractivity contribution is 0.0998. The molecule has 0 saturated heterocycles. The number of hydrogen-bond acceptors (Lipinski definition) is 2. The summed E-state index contributed by atoms with van der Waals surface area (Å²) in [5.41, 5.74) is 6.42. The molecule has 0 aromatic heterocycles. The lowest BCUT2D eigenvalue weighted by Gasteiger charge is -2.40. The molecular formula is C15H32N2. The standard InChI is InChI=1S/C15H32N2/c1-12(2)11-17(13(3)4)15-10-8-6-5-7-9-14(15)16/h12-15H,5-11,16H2,1-4H3. The molecule has 2 nitrogen and oxygen atoms in total. The third kappa shape index (κ3) is 4.97. The van der Waals surface area contributed by atoms with Gasteiger partial charge in [0.1, 0.15) is 0 Å². The van der Waals surface area contributed by atoms with Gasteiger partial charge < -0.3 is 5.73 Å². The first kappa shape index (κ1) is 15.0. The largest absolute Gasteiger partial charge is 0.326 e. The normalized spacial score (nSPS) is 27.5. The first-order valence-electron chi connectivity index (χ1n) is 7.53. The Bertz CT molecular complexity index is 201. The van der Waals surface area contributed by atoms with Gasteiger partial charge in [-0.25, -0.2) is 0 Å². The Kier molecular flexibility index (Phi) is 6.50. The van der Waals surface area contributed by atoms with Gasteiger partial charge in [-0.2, -0.15) is 0 Å². The molecule has 1 saturated carbocycles. The van der Waals surface area contributed by atoms with Crippen molar-refractivity contribution in [2.45, 2.75) is 84.3 Å². The van der Waals surface area contributed by atoms with Crippen molar-refractivity contribution in [2.75, 3.05) is 6.54 Å². The second-order valence-corrected chi connectivity index (χ2v) is 6.41. The average molecular weight is 240 g/mol. The summed E-state index contributed by atoms with van der Waals surface area (Å²) in [5.74, 6) is 0.732. The summed E-state index contributed by atoms with van der Waals surface area (Å²) in [6, 6.07) is 1.61. The molecule has 2 atom stereocenters. The van der Waals surface area contributed by atoms with Gasteiger partial charge in [0.05, 0.1) is 0 Å². The lowest BCUT2D eigenvalue weighted by atomic mass is 9.90. The Morgan fingerprint density at radius 1 is 1.00 bits per heavy atom. The molecule has 1 rings (SSSR count). The van der Waals surface area contributed by atoms with Crippen LogP contribution in [0.2, 0.25) is 0 Å². The van der Waals surface area contributed by atoms with Gasteiger partial charge in [0, 0.05) is 24.7 Å². The van der Waals surface area contributed by atoms with Crippen molar-refractivity contribution < 1.29 is 0 Å². The van der Waals surface area contributed by atoms with Crippen LogP contribution in [-0.2, 0) is 0 Å². The topological polar surface area (TPSA) is 29.3 Å². The molecule has 17 heavy (non-hydrogen) atoms. The molecule has 1 fully saturated rings. The fourth-order valence-electron chi connectivity index (χ4n) is 3.06. The van der Waals surface area contributed by atoms with Crippen LogP contribution in [-0.4, -0.2) is 29.6 Å². The molecule has 0 aliphatic heterocycles. The highest BCUT2D eigenvalue weighted by Crippen LogP contribution is 2.23. The third-order valence-corrected chi connectivity index (χ3v) is 3.95. The molecule has 0 radical (unpaired) electrons. The Morgan fingerprint density at radius 3 is 2.12 bits per heavy atom. The number of nitrogens with two attached hydrogens (primary N) is 1. The van der Waals surface area contributed by atoms with E-state index in [2.05, 4.69) is 32.6 Å². The minimum atomic E-state index is 0.386. The van der Waals surface area contributed by atoms with Crippen LogP contribution in [0.5, 0.6) is 0 Å². The van der Waals surface area contributed by atoms with E-state index in [1.807, 2.05) is 0 Å². The molecule has 0 aromatic rings. The number of hydrogen-bond donors (Lipinski definition) is 1. The van der Waals surface area contributed by atoms with E-state index < -0.39 is 0 Å². The first-order valence-corrected chi connectivity index (χ1v) is 7.53. The fraction of sp³-hybridized carbons (Fsp3) is 1.00. The van der Waals surface area contributed by atoms with Crippen molar-refractivity contribution in [3.63, 3.8) is 0 Å². The van der Waals surface area contributed by atoms with Crippen LogP contribution >= 0.6 is 0 Å². The number of nitrogens with zero attached hydrogens (tertiary/aromatic N) is 1. The summed E-state index contributed by atoms with van der Waals surface area (Å²) >= 11 is 0. The summed E-state index contributed by atoms with van der Waals surface area (Å²) in [6.07, 6.45) is 7.98. The van der Waals surface area contributed by atoms with Gasteiger partial charge in [-0.3, -0.25) is 4.90 Å². The number of rotatable bonds is 4. The van der Waals surface area contributed by atoms with Crippen molar-refractivity contribution in [3.05, 3.63) is 0 Å². The minimum absolute atomic E-state index is 0.386. The Balaban J connectivity index is 2.66. The van der Waals surface area contributed by atoms with E-state index >= 15 is 0 Å². The van der Waals surface area contributed by atoms with Gasteiger partial charge in [-0.1, -0.05) is 39.5 Å². The van der Waals surface area contributed by atoms with E-state index in [9.17, 15) is 0 Å². The Hall–Kier alpha value is -0.0800. The predicted molar refractivity (Wildman–Crippen MR) is 76.1 cm³/mol. The van der Waals surface area contributed by atoms with Gasteiger partial charge >= 0.3 is 0 Å². The summed E-state index contributed by atoms with van der Waals surface area (Å²) in [4.78, 5) is 2.65. The Morgan fingerprint density at radius 2 is 1.59 bits per heavy atom. The van der Waals surface area contributed by atoms with Gasteiger partial charge in [-0.15, -0.1) is 0 Å². The summed E-state index contributed by atoms with van der Waals surface area (Å²) in [5, 5.41) is 0. The lowest BCUT2D eigenvalue weighted by Crippen LogP contribution is -2.52. The van der Waals surface area contributed by atoms with Crippen molar-refractivity contribution >= 4 is 0 Å². The van der Waals surface area contributed by atoms with E-state index in [-0.39, 0.29) is 0 Å². The quantitative estimate of drug-likeness (QED) is 0.816. The highest BCUT2D eigenvalue weighted by atomic mass is 15.2. The van der Waals surface area contributed by atoms with E-state index in [0.717, 1.165) is 5.92 Å². The molecule has 1 aliphatic carbocycles. The fourth-order valence-corrected chi connectivity index (χ4v) is 3.06. The maximum atomic E-state index is 6.42. The van der Waals surface area contributed by atoms with E-state index in [0.29, 0.717) is 18.1 Å². The smallest absolute Gasteiger partial charge is 0.0250 e. The zero-order valence-electron chi connectivity index (χ0n) is 12.3. The molecule has 2 unspecified atom stereocenters. The minimum Gasteiger partial charge on any atom is -0.326 e. The first-order chi connectivity index (χ1) is 8.02. The van der Waals surface area contributed by atoms with Crippen LogP contribution in [0.15, 0.2) is 0 Å². The third-order valence-electron chi connectivity index (χ3n) is 3.95. The molecule has 2 heteroatoms. The van der Waals surface area contributed by atoms with Crippen molar-refractivity contribution in [2.24, 2.45) is 11.7 Å². The maximum Gasteiger partial charge on any atom is 0.0250 e. The molecule has 102 valence electrons. The summed E-state index contributed by atoms with van der Waals surface area (Å²) in [6.45, 7) is 10.4. The molecule has 0 aromatic carbocycles. The van der Waals surface area contributed by atoms with E-state index in [1.165, 1.54) is 45.1 Å². The van der Waals surface area contributed by atoms with Crippen LogP contribution in [0.1, 0.15) is 66.2 Å². The molecule has 0 heterocycles. The summed E-state index contributed by atoms with van der Waals surface area (Å²) in [7, 11) is 0. The zero-order chi connectivity index (χ0) is 12.8. The highest BCUT2D eigenvalue weighted by molar-refractivity contribution is 4.85. The highest BCUT2D eigenvalue weighted by Gasteiger charge is 2.27. The average Bonchev–Trinajstić information content (AvgIpc) is 2.21. The van der Waals surface area contributed by atoms with Gasteiger partial charge in [0.25, 0.3) is 0 Å². The summed E-state index contributed by atoms with van der Waals surface area (Å²) < 4.78 is 0. The van der Waals surface area contributed by atoms with E-state index in [4.69, 9.17) is 5.73 Å². The van der Waals surface area contributed by atoms with Crippen LogP contribution in [0.25, 0.3) is 0 Å². The predicted octanol–water partition coefficient (Wildman–Crippen LogP) is 3.40. The molecule has 0 bridgehead atoms. The van der Waals surface area contributed by atoms with Crippen LogP contribution in [0.4, 0.5) is 0 Å². The molecule has 1 aliphatic rings. The molecule has 0 amide bonds. The SMILES string of the molecule is CC(C)CN(C(C)C)C1CCCCCCC1N. The van der Waals surface area contributed by atoms with Crippen LogP contribution in [0.3, 0.4) is 0 Å². The van der Waals surface area contributed by atoms with Crippen molar-refractivity contribution in [1.82, 2.24) is 4.90 Å². The Labute approximate surface area is 108 Å². The molecular weight excluding hydrogens is 208 g/mol. The van der Waals surface area contributed by atoms with Crippen molar-refractivity contribution in [3.8, 4) is 0 Å². The maximum absolute atomic E-state index is 6.42. The second kappa shape index (κ2) is 7.38. The van der Waals surface area contributed by atoms with E-state index in [1.54, 1.807) is 0 Å².